The average Bonchev–Trinajstić information content (AvgIpc) is 2.54. The van der Waals surface area contributed by atoms with Crippen molar-refractivity contribution in [3.63, 3.8) is 0 Å². The Morgan fingerprint density at radius 2 is 2.36 bits per heavy atom. The van der Waals surface area contributed by atoms with Gasteiger partial charge in [-0.3, -0.25) is 4.90 Å². The van der Waals surface area contributed by atoms with Gasteiger partial charge in [0, 0.05) is 31.2 Å². The highest BCUT2D eigenvalue weighted by Crippen LogP contribution is 2.18. The molecule has 0 amide bonds. The molecule has 1 aromatic rings. The van der Waals surface area contributed by atoms with Crippen molar-refractivity contribution in [2.24, 2.45) is 0 Å². The molecule has 0 fully saturated rings. The Morgan fingerprint density at radius 1 is 1.57 bits per heavy atom. The molecule has 5 nitrogen and oxygen atoms in total. The minimum Gasteiger partial charge on any atom is -0.395 e. The minimum absolute atomic E-state index is 0.171. The maximum atomic E-state index is 8.75. The zero-order valence-electron chi connectivity index (χ0n) is 8.53. The third-order valence-corrected chi connectivity index (χ3v) is 2.52. The van der Waals surface area contributed by atoms with Crippen LogP contribution < -0.4 is 5.32 Å². The molecular formula is C8H16N4OS. The van der Waals surface area contributed by atoms with Crippen molar-refractivity contribution in [1.82, 2.24) is 14.5 Å². The fourth-order valence-corrected chi connectivity index (χ4v) is 1.75. The van der Waals surface area contributed by atoms with Crippen LogP contribution in [0.25, 0.3) is 0 Å². The van der Waals surface area contributed by atoms with E-state index in [0.717, 1.165) is 23.8 Å². The second-order valence-electron chi connectivity index (χ2n) is 3.04. The number of rotatable bonds is 6. The molecule has 0 saturated heterocycles. The van der Waals surface area contributed by atoms with E-state index >= 15 is 0 Å². The molecule has 1 aromatic heterocycles. The third-order valence-electron chi connectivity index (χ3n) is 1.79. The lowest BCUT2D eigenvalue weighted by molar-refractivity contribution is 0.216. The molecular weight excluding hydrogens is 200 g/mol. The second-order valence-corrected chi connectivity index (χ2v) is 3.79. The van der Waals surface area contributed by atoms with Gasteiger partial charge in [0.1, 0.15) is 10.7 Å². The van der Waals surface area contributed by atoms with Gasteiger partial charge in [0.2, 0.25) is 0 Å². The van der Waals surface area contributed by atoms with Gasteiger partial charge in [-0.1, -0.05) is 4.49 Å². The van der Waals surface area contributed by atoms with Gasteiger partial charge in [-0.25, -0.2) is 0 Å². The lowest BCUT2D eigenvalue weighted by Crippen LogP contribution is -2.22. The lowest BCUT2D eigenvalue weighted by Gasteiger charge is -2.13. The van der Waals surface area contributed by atoms with Crippen molar-refractivity contribution >= 4 is 16.5 Å². The molecule has 0 aromatic carbocycles. The summed E-state index contributed by atoms with van der Waals surface area (Å²) in [7, 11) is 1.95. The van der Waals surface area contributed by atoms with E-state index in [-0.39, 0.29) is 6.61 Å². The molecule has 2 N–H and O–H groups in total. The molecule has 0 aliphatic heterocycles. The van der Waals surface area contributed by atoms with Crippen LogP contribution in [0.4, 0.5) is 5.00 Å². The van der Waals surface area contributed by atoms with Gasteiger partial charge >= 0.3 is 0 Å². The highest BCUT2D eigenvalue weighted by atomic mass is 32.1. The number of hydrogen-bond donors (Lipinski definition) is 2. The highest BCUT2D eigenvalue weighted by Gasteiger charge is 2.08. The van der Waals surface area contributed by atoms with Crippen LogP contribution >= 0.6 is 11.5 Å². The summed E-state index contributed by atoms with van der Waals surface area (Å²) < 4.78 is 3.89. The SMILES string of the molecule is CCNc1snnc1CN(C)CCO. The third kappa shape index (κ3) is 3.21. The van der Waals surface area contributed by atoms with E-state index in [9.17, 15) is 0 Å². The van der Waals surface area contributed by atoms with Gasteiger partial charge in [-0.2, -0.15) is 0 Å². The van der Waals surface area contributed by atoms with Crippen molar-refractivity contribution in [3.05, 3.63) is 5.69 Å². The maximum Gasteiger partial charge on any atom is 0.134 e. The van der Waals surface area contributed by atoms with Gasteiger partial charge in [0.05, 0.1) is 6.61 Å². The Morgan fingerprint density at radius 3 is 3.00 bits per heavy atom. The van der Waals surface area contributed by atoms with Crippen LogP contribution in [0.5, 0.6) is 0 Å². The molecule has 80 valence electrons. The van der Waals surface area contributed by atoms with E-state index in [1.54, 1.807) is 0 Å². The molecule has 6 heteroatoms. The standard InChI is InChI=1S/C8H16N4OS/c1-3-9-8-7(10-11-14-8)6-12(2)4-5-13/h9,13H,3-6H2,1-2H3. The number of aliphatic hydroxyl groups excluding tert-OH is 1. The van der Waals surface area contributed by atoms with E-state index in [1.165, 1.54) is 11.5 Å². The maximum absolute atomic E-state index is 8.75. The van der Waals surface area contributed by atoms with E-state index in [0.29, 0.717) is 6.54 Å². The predicted octanol–water partition coefficient (Wildman–Crippen LogP) is 0.394. The zero-order valence-corrected chi connectivity index (χ0v) is 9.34. The summed E-state index contributed by atoms with van der Waals surface area (Å²) in [4.78, 5) is 2.01. The number of aromatic nitrogens is 2. The second kappa shape index (κ2) is 5.90. The monoisotopic (exact) mass is 216 g/mol. The molecule has 0 aliphatic carbocycles. The van der Waals surface area contributed by atoms with Crippen LogP contribution in [0.2, 0.25) is 0 Å². The molecule has 0 radical (unpaired) electrons. The van der Waals surface area contributed by atoms with E-state index in [1.807, 2.05) is 18.9 Å². The summed E-state index contributed by atoms with van der Waals surface area (Å²) in [6, 6.07) is 0. The van der Waals surface area contributed by atoms with Gasteiger partial charge < -0.3 is 10.4 Å². The first-order chi connectivity index (χ1) is 6.77. The summed E-state index contributed by atoms with van der Waals surface area (Å²) in [6.45, 7) is 4.47. The molecule has 1 heterocycles. The number of anilines is 1. The Balaban J connectivity index is 2.52. The van der Waals surface area contributed by atoms with E-state index in [4.69, 9.17) is 5.11 Å². The first kappa shape index (κ1) is 11.4. The number of nitrogens with zero attached hydrogens (tertiary/aromatic N) is 3. The quantitative estimate of drug-likeness (QED) is 0.720. The Hall–Kier alpha value is -0.720. The van der Waals surface area contributed by atoms with E-state index in [2.05, 4.69) is 14.9 Å². The molecule has 0 spiro atoms. The van der Waals surface area contributed by atoms with Crippen LogP contribution in [0.3, 0.4) is 0 Å². The first-order valence-electron chi connectivity index (χ1n) is 4.62. The Labute approximate surface area is 87.9 Å². The Bertz CT molecular complexity index is 266. The first-order valence-corrected chi connectivity index (χ1v) is 5.39. The summed E-state index contributed by atoms with van der Waals surface area (Å²) in [5.74, 6) is 0. The van der Waals surface area contributed by atoms with Crippen molar-refractivity contribution in [1.29, 1.82) is 0 Å². The number of hydrogen-bond acceptors (Lipinski definition) is 6. The summed E-state index contributed by atoms with van der Waals surface area (Å²) in [5.41, 5.74) is 0.952. The van der Waals surface area contributed by atoms with Crippen LogP contribution in [0.15, 0.2) is 0 Å². The molecule has 0 unspecified atom stereocenters. The van der Waals surface area contributed by atoms with Crippen LogP contribution in [-0.2, 0) is 6.54 Å². The smallest absolute Gasteiger partial charge is 0.134 e. The van der Waals surface area contributed by atoms with Gasteiger partial charge in [0.25, 0.3) is 0 Å². The number of aliphatic hydroxyl groups is 1. The molecule has 1 rings (SSSR count). The predicted molar refractivity (Wildman–Crippen MR) is 57.5 cm³/mol. The normalized spacial score (nSPS) is 10.9. The fraction of sp³-hybridized carbons (Fsp3) is 0.750. The fourth-order valence-electron chi connectivity index (χ4n) is 1.11. The minimum atomic E-state index is 0.171. The molecule has 0 bridgehead atoms. The lowest BCUT2D eigenvalue weighted by atomic mass is 10.4. The number of likely N-dealkylation sites (N-methyl/N-ethyl adjacent to an activating group) is 1. The largest absolute Gasteiger partial charge is 0.395 e. The van der Waals surface area contributed by atoms with Crippen molar-refractivity contribution in [2.45, 2.75) is 13.5 Å². The van der Waals surface area contributed by atoms with Crippen molar-refractivity contribution in [3.8, 4) is 0 Å². The summed E-state index contributed by atoms with van der Waals surface area (Å²) >= 11 is 1.37. The van der Waals surface area contributed by atoms with Gasteiger partial charge in [0.15, 0.2) is 0 Å². The van der Waals surface area contributed by atoms with Crippen molar-refractivity contribution < 1.29 is 5.11 Å². The molecule has 14 heavy (non-hydrogen) atoms. The highest BCUT2D eigenvalue weighted by molar-refractivity contribution is 7.10. The van der Waals surface area contributed by atoms with Crippen LogP contribution in [0, 0.1) is 0 Å². The molecule has 0 aliphatic rings. The molecule has 0 atom stereocenters. The van der Waals surface area contributed by atoms with E-state index < -0.39 is 0 Å². The van der Waals surface area contributed by atoms with Crippen LogP contribution in [0.1, 0.15) is 12.6 Å². The van der Waals surface area contributed by atoms with Crippen molar-refractivity contribution in [2.75, 3.05) is 32.1 Å². The topological polar surface area (TPSA) is 61.3 Å². The summed E-state index contributed by atoms with van der Waals surface area (Å²) in [6.07, 6.45) is 0. The van der Waals surface area contributed by atoms with Gasteiger partial charge in [-0.05, 0) is 14.0 Å². The average molecular weight is 216 g/mol. The number of nitrogens with one attached hydrogen (secondary N) is 1. The van der Waals surface area contributed by atoms with Gasteiger partial charge in [-0.15, -0.1) is 5.10 Å². The van der Waals surface area contributed by atoms with Crippen LogP contribution in [-0.4, -0.2) is 46.3 Å². The summed E-state index contributed by atoms with van der Waals surface area (Å²) in [5, 5.41) is 17.0. The Kier molecular flexibility index (Phi) is 4.78. The molecule has 0 saturated carbocycles. The zero-order chi connectivity index (χ0) is 10.4.